The molecule has 3 rings (SSSR count). The zero-order valence-electron chi connectivity index (χ0n) is 11.8. The van der Waals surface area contributed by atoms with Gasteiger partial charge in [-0.3, -0.25) is 4.79 Å². The second kappa shape index (κ2) is 5.87. The van der Waals surface area contributed by atoms with Crippen LogP contribution in [0.15, 0.2) is 30.3 Å². The molecule has 2 heterocycles. The fourth-order valence-electron chi connectivity index (χ4n) is 2.52. The normalized spacial score (nSPS) is 17.9. The van der Waals surface area contributed by atoms with Crippen LogP contribution in [0.5, 0.6) is 0 Å². The SMILES string of the molecule is Cc1cc(NC(=O)C2CCCN2)nn1-c1ccccc1Cl. The van der Waals surface area contributed by atoms with Crippen molar-refractivity contribution in [1.82, 2.24) is 15.1 Å². The molecular formula is C15H17ClN4O. The monoisotopic (exact) mass is 304 g/mol. The van der Waals surface area contributed by atoms with E-state index in [1.165, 1.54) is 0 Å². The number of halogens is 1. The molecule has 1 aromatic heterocycles. The first-order chi connectivity index (χ1) is 10.1. The Labute approximate surface area is 128 Å². The van der Waals surface area contributed by atoms with E-state index in [9.17, 15) is 4.79 Å². The minimum absolute atomic E-state index is 0.0312. The summed E-state index contributed by atoms with van der Waals surface area (Å²) in [6.07, 6.45) is 1.90. The molecule has 0 aliphatic carbocycles. The molecule has 2 aromatic rings. The van der Waals surface area contributed by atoms with Crippen LogP contribution in [0.4, 0.5) is 5.82 Å². The standard InChI is InChI=1S/C15H17ClN4O/c1-10-9-14(18-15(21)12-6-4-8-17-12)19-20(10)13-7-3-2-5-11(13)16/h2-3,5,7,9,12,17H,4,6,8H2,1H3,(H,18,19,21). The van der Waals surface area contributed by atoms with Gasteiger partial charge in [0.1, 0.15) is 0 Å². The summed E-state index contributed by atoms with van der Waals surface area (Å²) in [6, 6.07) is 9.22. The maximum absolute atomic E-state index is 12.1. The van der Waals surface area contributed by atoms with E-state index in [1.807, 2.05) is 37.3 Å². The molecule has 5 nitrogen and oxygen atoms in total. The zero-order chi connectivity index (χ0) is 14.8. The summed E-state index contributed by atoms with van der Waals surface area (Å²) in [4.78, 5) is 12.1. The fraction of sp³-hybridized carbons (Fsp3) is 0.333. The molecule has 0 spiro atoms. The molecule has 1 saturated heterocycles. The summed E-state index contributed by atoms with van der Waals surface area (Å²) in [5, 5.41) is 11.1. The van der Waals surface area contributed by atoms with Crippen molar-refractivity contribution in [2.24, 2.45) is 0 Å². The smallest absolute Gasteiger partial charge is 0.242 e. The third-order valence-corrected chi connectivity index (χ3v) is 3.92. The van der Waals surface area contributed by atoms with Crippen LogP contribution in [0.3, 0.4) is 0 Å². The Morgan fingerprint density at radius 1 is 1.48 bits per heavy atom. The van der Waals surface area contributed by atoms with Gasteiger partial charge in [-0.25, -0.2) is 4.68 Å². The van der Waals surface area contributed by atoms with Crippen LogP contribution in [-0.4, -0.2) is 28.3 Å². The highest BCUT2D eigenvalue weighted by Crippen LogP contribution is 2.22. The summed E-state index contributed by atoms with van der Waals surface area (Å²) in [7, 11) is 0. The van der Waals surface area contributed by atoms with E-state index in [-0.39, 0.29) is 11.9 Å². The Morgan fingerprint density at radius 2 is 2.29 bits per heavy atom. The van der Waals surface area contributed by atoms with E-state index in [1.54, 1.807) is 4.68 Å². The van der Waals surface area contributed by atoms with Gasteiger partial charge in [0, 0.05) is 11.8 Å². The third-order valence-electron chi connectivity index (χ3n) is 3.60. The second-order valence-electron chi connectivity index (χ2n) is 5.17. The number of carbonyl (C=O) groups excluding carboxylic acids is 1. The highest BCUT2D eigenvalue weighted by molar-refractivity contribution is 6.32. The molecule has 1 aliphatic rings. The van der Waals surface area contributed by atoms with Crippen molar-refractivity contribution in [3.63, 3.8) is 0 Å². The Bertz CT molecular complexity index is 661. The van der Waals surface area contributed by atoms with Crippen LogP contribution < -0.4 is 10.6 Å². The van der Waals surface area contributed by atoms with Crippen molar-refractivity contribution >= 4 is 23.3 Å². The van der Waals surface area contributed by atoms with Crippen molar-refractivity contribution in [3.05, 3.63) is 41.0 Å². The predicted octanol–water partition coefficient (Wildman–Crippen LogP) is 2.52. The molecule has 1 amide bonds. The summed E-state index contributed by atoms with van der Waals surface area (Å²) < 4.78 is 1.74. The summed E-state index contributed by atoms with van der Waals surface area (Å²) in [5.74, 6) is 0.516. The molecule has 2 N–H and O–H groups in total. The van der Waals surface area contributed by atoms with E-state index in [0.717, 1.165) is 30.8 Å². The van der Waals surface area contributed by atoms with Gasteiger partial charge in [0.25, 0.3) is 0 Å². The van der Waals surface area contributed by atoms with Gasteiger partial charge < -0.3 is 10.6 Å². The van der Waals surface area contributed by atoms with Crippen molar-refractivity contribution in [2.45, 2.75) is 25.8 Å². The number of rotatable bonds is 3. The van der Waals surface area contributed by atoms with Crippen LogP contribution in [0.1, 0.15) is 18.5 Å². The molecule has 1 aliphatic heterocycles. The van der Waals surface area contributed by atoms with Crippen LogP contribution in [0.2, 0.25) is 5.02 Å². The van der Waals surface area contributed by atoms with E-state index in [0.29, 0.717) is 10.8 Å². The average molecular weight is 305 g/mol. The summed E-state index contributed by atoms with van der Waals surface area (Å²) in [6.45, 7) is 2.82. The van der Waals surface area contributed by atoms with E-state index >= 15 is 0 Å². The zero-order valence-corrected chi connectivity index (χ0v) is 12.5. The first kappa shape index (κ1) is 14.1. The number of para-hydroxylation sites is 1. The lowest BCUT2D eigenvalue weighted by molar-refractivity contribution is -0.117. The molecular weight excluding hydrogens is 288 g/mol. The number of hydrogen-bond acceptors (Lipinski definition) is 3. The van der Waals surface area contributed by atoms with E-state index in [2.05, 4.69) is 15.7 Å². The number of nitrogens with zero attached hydrogens (tertiary/aromatic N) is 2. The number of amides is 1. The van der Waals surface area contributed by atoms with Crippen molar-refractivity contribution < 1.29 is 4.79 Å². The van der Waals surface area contributed by atoms with Crippen molar-refractivity contribution in [1.29, 1.82) is 0 Å². The van der Waals surface area contributed by atoms with Gasteiger partial charge in [-0.15, -0.1) is 5.10 Å². The lowest BCUT2D eigenvalue weighted by atomic mass is 10.2. The number of aromatic nitrogens is 2. The van der Waals surface area contributed by atoms with Gasteiger partial charge in [0.15, 0.2) is 5.82 Å². The summed E-state index contributed by atoms with van der Waals surface area (Å²) in [5.41, 5.74) is 1.72. The van der Waals surface area contributed by atoms with Gasteiger partial charge >= 0.3 is 0 Å². The number of hydrogen-bond donors (Lipinski definition) is 2. The molecule has 6 heteroatoms. The van der Waals surface area contributed by atoms with Gasteiger partial charge in [0.05, 0.1) is 16.8 Å². The Kier molecular flexibility index (Phi) is 3.94. The second-order valence-corrected chi connectivity index (χ2v) is 5.58. The number of aryl methyl sites for hydroxylation is 1. The number of carbonyl (C=O) groups is 1. The molecule has 110 valence electrons. The van der Waals surface area contributed by atoms with Gasteiger partial charge in [-0.05, 0) is 38.4 Å². The van der Waals surface area contributed by atoms with Gasteiger partial charge in [-0.1, -0.05) is 23.7 Å². The lowest BCUT2D eigenvalue weighted by Gasteiger charge is -2.09. The Hall–Kier alpha value is -1.85. The molecule has 0 saturated carbocycles. The summed E-state index contributed by atoms with van der Waals surface area (Å²) >= 11 is 6.19. The maximum atomic E-state index is 12.1. The molecule has 1 aromatic carbocycles. The molecule has 0 radical (unpaired) electrons. The highest BCUT2D eigenvalue weighted by atomic mass is 35.5. The quantitative estimate of drug-likeness (QED) is 0.916. The maximum Gasteiger partial charge on any atom is 0.242 e. The van der Waals surface area contributed by atoms with E-state index in [4.69, 9.17) is 11.6 Å². The Morgan fingerprint density at radius 3 is 3.00 bits per heavy atom. The van der Waals surface area contributed by atoms with Gasteiger partial charge in [-0.2, -0.15) is 0 Å². The minimum atomic E-state index is -0.115. The van der Waals surface area contributed by atoms with Crippen molar-refractivity contribution in [2.75, 3.05) is 11.9 Å². The first-order valence-corrected chi connectivity index (χ1v) is 7.39. The molecule has 1 atom stereocenters. The highest BCUT2D eigenvalue weighted by Gasteiger charge is 2.22. The first-order valence-electron chi connectivity index (χ1n) is 7.01. The lowest BCUT2D eigenvalue weighted by Crippen LogP contribution is -2.35. The predicted molar refractivity (Wildman–Crippen MR) is 83.0 cm³/mol. The molecule has 1 fully saturated rings. The van der Waals surface area contributed by atoms with E-state index < -0.39 is 0 Å². The molecule has 21 heavy (non-hydrogen) atoms. The van der Waals surface area contributed by atoms with Crippen LogP contribution in [0.25, 0.3) is 5.69 Å². The number of anilines is 1. The van der Waals surface area contributed by atoms with Crippen LogP contribution in [-0.2, 0) is 4.79 Å². The average Bonchev–Trinajstić information content (AvgIpc) is 3.09. The largest absolute Gasteiger partial charge is 0.308 e. The third kappa shape index (κ3) is 2.94. The fourth-order valence-corrected chi connectivity index (χ4v) is 2.74. The van der Waals surface area contributed by atoms with Gasteiger partial charge in [0.2, 0.25) is 5.91 Å². The minimum Gasteiger partial charge on any atom is -0.308 e. The molecule has 0 bridgehead atoms. The topological polar surface area (TPSA) is 59.0 Å². The van der Waals surface area contributed by atoms with Crippen LogP contribution >= 0.6 is 11.6 Å². The molecule has 1 unspecified atom stereocenters. The van der Waals surface area contributed by atoms with Crippen molar-refractivity contribution in [3.8, 4) is 5.69 Å². The number of benzene rings is 1. The Balaban J connectivity index is 1.81. The van der Waals surface area contributed by atoms with Crippen LogP contribution in [0, 0.1) is 6.92 Å². The number of nitrogens with one attached hydrogen (secondary N) is 2.